The lowest BCUT2D eigenvalue weighted by molar-refractivity contribution is -0.145. The highest BCUT2D eigenvalue weighted by Gasteiger charge is 2.13. The highest BCUT2D eigenvalue weighted by atomic mass is 16.5. The summed E-state index contributed by atoms with van der Waals surface area (Å²) < 4.78 is 4.48. The molecular weight excluding hydrogens is 118 g/mol. The van der Waals surface area contributed by atoms with Crippen LogP contribution in [0.1, 0.15) is 13.3 Å². The molecule has 3 nitrogen and oxygen atoms in total. The van der Waals surface area contributed by atoms with Gasteiger partial charge in [0.15, 0.2) is 0 Å². The molecule has 54 valence electrons. The number of rotatable bonds is 3. The lowest BCUT2D eigenvalue weighted by Gasteiger charge is -2.07. The molecular formula is C6H13NO2. The van der Waals surface area contributed by atoms with E-state index in [-0.39, 0.29) is 11.9 Å². The van der Waals surface area contributed by atoms with Gasteiger partial charge in [0, 0.05) is 6.54 Å². The fourth-order valence-electron chi connectivity index (χ4n) is 0.596. The van der Waals surface area contributed by atoms with Gasteiger partial charge in [0.25, 0.3) is 0 Å². The summed E-state index contributed by atoms with van der Waals surface area (Å²) in [6, 6.07) is 0. The highest BCUT2D eigenvalue weighted by molar-refractivity contribution is 5.72. The Kier molecular flexibility index (Phi) is 4.05. The molecule has 0 spiro atoms. The van der Waals surface area contributed by atoms with Gasteiger partial charge in [-0.2, -0.15) is 0 Å². The molecule has 1 atom stereocenters. The maximum atomic E-state index is 10.7. The van der Waals surface area contributed by atoms with Gasteiger partial charge >= 0.3 is 5.97 Å². The summed E-state index contributed by atoms with van der Waals surface area (Å²) in [5, 5.41) is 0. The average Bonchev–Trinajstić information content (AvgIpc) is 1.90. The summed E-state index contributed by atoms with van der Waals surface area (Å²) in [4.78, 5) is 10.7. The van der Waals surface area contributed by atoms with E-state index in [9.17, 15) is 4.79 Å². The van der Waals surface area contributed by atoms with E-state index in [1.807, 2.05) is 6.92 Å². The second kappa shape index (κ2) is 4.32. The number of carbonyl (C=O) groups excluding carboxylic acids is 1. The Bertz CT molecular complexity index is 89.1. The number of methoxy groups -OCH3 is 1. The fraction of sp³-hybridized carbons (Fsp3) is 0.833. The predicted octanol–water partition coefficient (Wildman–Crippen LogP) is 0.144. The first-order chi connectivity index (χ1) is 4.26. The first kappa shape index (κ1) is 8.43. The molecule has 9 heavy (non-hydrogen) atoms. The molecule has 0 fully saturated rings. The largest absolute Gasteiger partial charge is 0.469 e. The number of nitrogens with two attached hydrogens (primary N) is 1. The van der Waals surface area contributed by atoms with Crippen molar-refractivity contribution >= 4 is 5.97 Å². The number of esters is 1. The molecule has 0 aromatic rings. The van der Waals surface area contributed by atoms with E-state index in [0.717, 1.165) is 6.42 Å². The van der Waals surface area contributed by atoms with E-state index >= 15 is 0 Å². The van der Waals surface area contributed by atoms with E-state index in [4.69, 9.17) is 5.73 Å². The summed E-state index contributed by atoms with van der Waals surface area (Å²) in [6.07, 6.45) is 0.753. The molecule has 0 rings (SSSR count). The summed E-state index contributed by atoms with van der Waals surface area (Å²) in [6.45, 7) is 2.29. The fourth-order valence-corrected chi connectivity index (χ4v) is 0.596. The van der Waals surface area contributed by atoms with Gasteiger partial charge in [-0.25, -0.2) is 0 Å². The molecule has 0 unspecified atom stereocenters. The summed E-state index contributed by atoms with van der Waals surface area (Å²) in [5.74, 6) is -0.324. The van der Waals surface area contributed by atoms with Crippen molar-refractivity contribution in [1.29, 1.82) is 0 Å². The summed E-state index contributed by atoms with van der Waals surface area (Å²) in [7, 11) is 1.38. The van der Waals surface area contributed by atoms with Crippen molar-refractivity contribution in [1.82, 2.24) is 0 Å². The maximum absolute atomic E-state index is 10.7. The minimum Gasteiger partial charge on any atom is -0.469 e. The molecule has 0 aliphatic carbocycles. The van der Waals surface area contributed by atoms with Crippen molar-refractivity contribution in [3.05, 3.63) is 0 Å². The Hall–Kier alpha value is -0.570. The zero-order valence-corrected chi connectivity index (χ0v) is 5.89. The van der Waals surface area contributed by atoms with Crippen molar-refractivity contribution in [3.63, 3.8) is 0 Å². The van der Waals surface area contributed by atoms with Crippen molar-refractivity contribution in [2.75, 3.05) is 13.7 Å². The molecule has 0 aliphatic heterocycles. The smallest absolute Gasteiger partial charge is 0.309 e. The van der Waals surface area contributed by atoms with Gasteiger partial charge in [-0.1, -0.05) is 6.92 Å². The molecule has 0 radical (unpaired) electrons. The van der Waals surface area contributed by atoms with Gasteiger partial charge in [0.2, 0.25) is 0 Å². The van der Waals surface area contributed by atoms with E-state index < -0.39 is 0 Å². The number of carbonyl (C=O) groups is 1. The highest BCUT2D eigenvalue weighted by Crippen LogP contribution is 2.00. The van der Waals surface area contributed by atoms with Crippen molar-refractivity contribution in [2.45, 2.75) is 13.3 Å². The van der Waals surface area contributed by atoms with Crippen molar-refractivity contribution in [2.24, 2.45) is 11.7 Å². The maximum Gasteiger partial charge on any atom is 0.309 e. The SMILES string of the molecule is CC[C@@H](CN)C(=O)OC. The Morgan fingerprint density at radius 3 is 2.44 bits per heavy atom. The molecule has 0 aliphatic rings. The molecule has 0 aromatic carbocycles. The average molecular weight is 131 g/mol. The molecule has 3 heteroatoms. The van der Waals surface area contributed by atoms with Gasteiger partial charge in [0.05, 0.1) is 13.0 Å². The van der Waals surface area contributed by atoms with Crippen LogP contribution in [0.15, 0.2) is 0 Å². The van der Waals surface area contributed by atoms with Crippen LogP contribution in [0, 0.1) is 5.92 Å². The molecule has 0 bridgehead atoms. The summed E-state index contributed by atoms with van der Waals surface area (Å²) in [5.41, 5.74) is 5.26. The number of hydrogen-bond acceptors (Lipinski definition) is 3. The van der Waals surface area contributed by atoms with Gasteiger partial charge in [-0.15, -0.1) is 0 Å². The van der Waals surface area contributed by atoms with Gasteiger partial charge < -0.3 is 10.5 Å². The normalized spacial score (nSPS) is 12.8. The topological polar surface area (TPSA) is 52.3 Å². The second-order valence-corrected chi connectivity index (χ2v) is 1.86. The van der Waals surface area contributed by atoms with Crippen LogP contribution in [-0.2, 0) is 9.53 Å². The number of hydrogen-bond donors (Lipinski definition) is 1. The first-order valence-electron chi connectivity index (χ1n) is 3.04. The Labute approximate surface area is 55.2 Å². The van der Waals surface area contributed by atoms with Crippen LogP contribution in [0.25, 0.3) is 0 Å². The zero-order valence-electron chi connectivity index (χ0n) is 5.89. The second-order valence-electron chi connectivity index (χ2n) is 1.86. The lowest BCUT2D eigenvalue weighted by Crippen LogP contribution is -2.23. The Balaban J connectivity index is 3.64. The molecule has 0 aromatic heterocycles. The van der Waals surface area contributed by atoms with Gasteiger partial charge in [0.1, 0.15) is 0 Å². The van der Waals surface area contributed by atoms with Crippen LogP contribution in [0.3, 0.4) is 0 Å². The quantitative estimate of drug-likeness (QED) is 0.554. The first-order valence-corrected chi connectivity index (χ1v) is 3.04. The Morgan fingerprint density at radius 2 is 2.33 bits per heavy atom. The van der Waals surface area contributed by atoms with Crippen LogP contribution in [0.4, 0.5) is 0 Å². The van der Waals surface area contributed by atoms with Crippen LogP contribution in [0.5, 0.6) is 0 Å². The van der Waals surface area contributed by atoms with Crippen LogP contribution in [0.2, 0.25) is 0 Å². The van der Waals surface area contributed by atoms with E-state index in [2.05, 4.69) is 4.74 Å². The van der Waals surface area contributed by atoms with Gasteiger partial charge in [-0.05, 0) is 6.42 Å². The standard InChI is InChI=1S/C6H13NO2/c1-3-5(4-7)6(8)9-2/h5H,3-4,7H2,1-2H3/t5-/m0/s1. The van der Waals surface area contributed by atoms with Crippen LogP contribution in [-0.4, -0.2) is 19.6 Å². The molecule has 0 amide bonds. The summed E-state index contributed by atoms with van der Waals surface area (Å²) >= 11 is 0. The van der Waals surface area contributed by atoms with E-state index in [1.165, 1.54) is 7.11 Å². The minimum atomic E-state index is -0.208. The van der Waals surface area contributed by atoms with Gasteiger partial charge in [-0.3, -0.25) is 4.79 Å². The molecule has 0 saturated heterocycles. The van der Waals surface area contributed by atoms with E-state index in [0.29, 0.717) is 6.54 Å². The predicted molar refractivity (Wildman–Crippen MR) is 34.9 cm³/mol. The minimum absolute atomic E-state index is 0.116. The monoisotopic (exact) mass is 131 g/mol. The van der Waals surface area contributed by atoms with Crippen molar-refractivity contribution in [3.8, 4) is 0 Å². The number of ether oxygens (including phenoxy) is 1. The van der Waals surface area contributed by atoms with Crippen LogP contribution >= 0.6 is 0 Å². The third-order valence-corrected chi connectivity index (χ3v) is 1.31. The molecule has 0 saturated carbocycles. The third-order valence-electron chi connectivity index (χ3n) is 1.31. The van der Waals surface area contributed by atoms with Crippen molar-refractivity contribution < 1.29 is 9.53 Å². The zero-order chi connectivity index (χ0) is 7.28. The lowest BCUT2D eigenvalue weighted by atomic mass is 10.1. The van der Waals surface area contributed by atoms with E-state index in [1.54, 1.807) is 0 Å². The van der Waals surface area contributed by atoms with Crippen LogP contribution < -0.4 is 5.73 Å². The molecule has 2 N–H and O–H groups in total. The molecule has 0 heterocycles. The Morgan fingerprint density at radius 1 is 1.78 bits per heavy atom. The third kappa shape index (κ3) is 2.46.